The lowest BCUT2D eigenvalue weighted by atomic mass is 10.8. The van der Waals surface area contributed by atoms with E-state index in [4.69, 9.17) is 0 Å². The maximum Gasteiger partial charge on any atom is 0.0591 e. The molecule has 0 aromatic heterocycles. The molecule has 1 rings (SSSR count). The van der Waals surface area contributed by atoms with Crippen molar-refractivity contribution >= 4 is 0 Å². The molecule has 6 nitrogen and oxygen atoms in total. The monoisotopic (exact) mass is 114 g/mol. The number of hydrogen-bond acceptors (Lipinski definition) is 6. The predicted molar refractivity (Wildman–Crippen MR) is 25.2 cm³/mol. The number of nitrogens with zero attached hydrogens (tertiary/aromatic N) is 5. The molecule has 0 unspecified atom stereocenters. The zero-order valence-electron chi connectivity index (χ0n) is 4.44. The first-order valence-corrected chi connectivity index (χ1v) is 2.27. The molecule has 0 bridgehead atoms. The lowest BCUT2D eigenvalue weighted by Crippen LogP contribution is -2.29. The number of nitrogens with one attached hydrogen (secondary N) is 1. The van der Waals surface area contributed by atoms with E-state index < -0.39 is 0 Å². The van der Waals surface area contributed by atoms with Gasteiger partial charge >= 0.3 is 0 Å². The molecule has 0 radical (unpaired) electrons. The van der Waals surface area contributed by atoms with Crippen molar-refractivity contribution in [3.8, 4) is 0 Å². The molecule has 1 aliphatic rings. The highest BCUT2D eigenvalue weighted by atomic mass is 15.9. The van der Waals surface area contributed by atoms with Crippen LogP contribution in [0.25, 0.3) is 0 Å². The van der Waals surface area contributed by atoms with Crippen molar-refractivity contribution in [3.63, 3.8) is 0 Å². The smallest absolute Gasteiger partial charge is 0.0591 e. The van der Waals surface area contributed by atoms with Gasteiger partial charge in [0.05, 0.1) is 6.54 Å². The quantitative estimate of drug-likeness (QED) is 0.538. The van der Waals surface area contributed by atoms with Crippen LogP contribution in [0.4, 0.5) is 0 Å². The summed E-state index contributed by atoms with van der Waals surface area (Å²) in [6, 6.07) is 0. The number of hydrazine groups is 1. The van der Waals surface area contributed by atoms with Gasteiger partial charge in [-0.25, -0.2) is 0 Å². The van der Waals surface area contributed by atoms with Crippen LogP contribution < -0.4 is 5.53 Å². The molecule has 0 spiro atoms. The van der Waals surface area contributed by atoms with Gasteiger partial charge in [-0.3, -0.25) is 0 Å². The Kier molecular flexibility index (Phi) is 1.36. The standard InChI is InChI=1S/C2H6N6/c1-2-8-6-4-3-5-7-8/h2H2,1H3,(H,3,6,7). The zero-order chi connectivity index (χ0) is 5.82. The van der Waals surface area contributed by atoms with Crippen LogP contribution >= 0.6 is 0 Å². The first-order chi connectivity index (χ1) is 3.93. The first kappa shape index (κ1) is 4.95. The molecular formula is C2H6N6. The minimum atomic E-state index is 0.725. The Morgan fingerprint density at radius 3 is 2.75 bits per heavy atom. The Bertz CT molecular complexity index is 116. The second-order valence-electron chi connectivity index (χ2n) is 1.18. The lowest BCUT2D eigenvalue weighted by molar-refractivity contribution is 0.166. The molecule has 44 valence electrons. The fraction of sp³-hybridized carbons (Fsp3) is 1.00. The molecule has 0 amide bonds. The third-order valence-electron chi connectivity index (χ3n) is 0.692. The first-order valence-electron chi connectivity index (χ1n) is 2.27. The summed E-state index contributed by atoms with van der Waals surface area (Å²) in [5.41, 5.74) is 2.50. The molecule has 0 aromatic rings. The highest BCUT2D eigenvalue weighted by Crippen LogP contribution is 1.91. The van der Waals surface area contributed by atoms with E-state index in [2.05, 4.69) is 26.4 Å². The van der Waals surface area contributed by atoms with Gasteiger partial charge in [-0.1, -0.05) is 0 Å². The Labute approximate surface area is 46.2 Å². The van der Waals surface area contributed by atoms with Crippen LogP contribution in [-0.4, -0.2) is 11.7 Å². The average molecular weight is 114 g/mol. The fourth-order valence-electron chi connectivity index (χ4n) is 0.312. The van der Waals surface area contributed by atoms with Crippen molar-refractivity contribution in [1.82, 2.24) is 10.7 Å². The van der Waals surface area contributed by atoms with Gasteiger partial charge in [0.1, 0.15) is 0 Å². The van der Waals surface area contributed by atoms with Gasteiger partial charge < -0.3 is 0 Å². The van der Waals surface area contributed by atoms with Crippen molar-refractivity contribution in [2.45, 2.75) is 6.92 Å². The molecule has 1 aliphatic heterocycles. The number of hydrogen-bond donors (Lipinski definition) is 1. The molecule has 0 fully saturated rings. The Morgan fingerprint density at radius 2 is 2.38 bits per heavy atom. The van der Waals surface area contributed by atoms with Crippen LogP contribution in [0, 0.1) is 0 Å². The maximum atomic E-state index is 3.53. The summed E-state index contributed by atoms with van der Waals surface area (Å²) in [4.78, 5) is 0. The number of rotatable bonds is 1. The van der Waals surface area contributed by atoms with Crippen molar-refractivity contribution in [3.05, 3.63) is 0 Å². The Morgan fingerprint density at radius 1 is 1.50 bits per heavy atom. The third-order valence-corrected chi connectivity index (χ3v) is 0.692. The summed E-state index contributed by atoms with van der Waals surface area (Å²) < 4.78 is 0. The maximum absolute atomic E-state index is 3.53. The van der Waals surface area contributed by atoms with Gasteiger partial charge in [0.2, 0.25) is 0 Å². The largest absolute Gasteiger partial charge is 0.180 e. The van der Waals surface area contributed by atoms with Crippen LogP contribution in [-0.2, 0) is 0 Å². The molecule has 6 heteroatoms. The second-order valence-corrected chi connectivity index (χ2v) is 1.18. The van der Waals surface area contributed by atoms with Gasteiger partial charge in [0.15, 0.2) is 0 Å². The van der Waals surface area contributed by atoms with Crippen LogP contribution in [0.1, 0.15) is 6.92 Å². The Balaban J connectivity index is 2.40. The van der Waals surface area contributed by atoms with Crippen LogP contribution in [0.2, 0.25) is 0 Å². The molecule has 1 N–H and O–H groups in total. The van der Waals surface area contributed by atoms with E-state index in [0.29, 0.717) is 0 Å². The van der Waals surface area contributed by atoms with Gasteiger partial charge in [0, 0.05) is 0 Å². The summed E-state index contributed by atoms with van der Waals surface area (Å²) >= 11 is 0. The van der Waals surface area contributed by atoms with E-state index in [0.717, 1.165) is 6.54 Å². The normalized spacial score (nSPS) is 16.4. The van der Waals surface area contributed by atoms with E-state index >= 15 is 0 Å². The predicted octanol–water partition coefficient (Wildman–Crippen LogP) is 0.476. The molecule has 0 aliphatic carbocycles. The van der Waals surface area contributed by atoms with E-state index in [1.165, 1.54) is 5.12 Å². The summed E-state index contributed by atoms with van der Waals surface area (Å²) in [6.07, 6.45) is 0. The van der Waals surface area contributed by atoms with Gasteiger partial charge in [-0.05, 0) is 27.8 Å². The molecule has 0 saturated heterocycles. The van der Waals surface area contributed by atoms with Crippen molar-refractivity contribution in [1.29, 1.82) is 0 Å². The highest BCUT2D eigenvalue weighted by molar-refractivity contribution is 4.32. The average Bonchev–Trinajstić information content (AvgIpc) is 1.90. The fourth-order valence-corrected chi connectivity index (χ4v) is 0.312. The third kappa shape index (κ3) is 0.895. The summed E-state index contributed by atoms with van der Waals surface area (Å²) in [6.45, 7) is 2.65. The van der Waals surface area contributed by atoms with Crippen LogP contribution in [0.3, 0.4) is 0 Å². The molecule has 0 saturated carbocycles. The summed E-state index contributed by atoms with van der Waals surface area (Å²) in [5.74, 6) is 0. The minimum absolute atomic E-state index is 0.725. The van der Waals surface area contributed by atoms with Crippen LogP contribution in [0.15, 0.2) is 20.9 Å². The topological polar surface area (TPSA) is 64.7 Å². The lowest BCUT2D eigenvalue weighted by Gasteiger charge is -2.12. The molecule has 8 heavy (non-hydrogen) atoms. The summed E-state index contributed by atoms with van der Waals surface area (Å²) in [7, 11) is 0. The molecular weight excluding hydrogens is 108 g/mol. The van der Waals surface area contributed by atoms with Crippen molar-refractivity contribution < 1.29 is 0 Å². The van der Waals surface area contributed by atoms with E-state index in [-0.39, 0.29) is 0 Å². The van der Waals surface area contributed by atoms with Crippen molar-refractivity contribution in [2.24, 2.45) is 20.9 Å². The van der Waals surface area contributed by atoms with Gasteiger partial charge in [0.25, 0.3) is 0 Å². The minimum Gasteiger partial charge on any atom is -0.180 e. The zero-order valence-corrected chi connectivity index (χ0v) is 4.44. The van der Waals surface area contributed by atoms with Crippen LogP contribution in [0.5, 0.6) is 0 Å². The van der Waals surface area contributed by atoms with E-state index in [1.807, 2.05) is 6.92 Å². The Hall–Kier alpha value is -1.20. The van der Waals surface area contributed by atoms with Gasteiger partial charge in [-0.15, -0.1) is 0 Å². The van der Waals surface area contributed by atoms with Crippen molar-refractivity contribution in [2.75, 3.05) is 6.54 Å². The summed E-state index contributed by atoms with van der Waals surface area (Å²) in [5, 5.41) is 14.9. The van der Waals surface area contributed by atoms with E-state index in [9.17, 15) is 0 Å². The molecule has 1 heterocycles. The molecule has 0 atom stereocenters. The second kappa shape index (κ2) is 2.20. The highest BCUT2D eigenvalue weighted by Gasteiger charge is 1.95. The van der Waals surface area contributed by atoms with Gasteiger partial charge in [-0.2, -0.15) is 10.7 Å². The molecule has 0 aromatic carbocycles. The van der Waals surface area contributed by atoms with E-state index in [1.54, 1.807) is 0 Å². The SMILES string of the molecule is CCN1N=NN=NN1.